The molecule has 3 N–H and O–H groups in total. The summed E-state index contributed by atoms with van der Waals surface area (Å²) in [7, 11) is -3.14. The molecule has 0 unspecified atom stereocenters. The molecule has 100 valence electrons. The molecule has 0 saturated heterocycles. The largest absolute Gasteiger partial charge is 0.329 e. The summed E-state index contributed by atoms with van der Waals surface area (Å²) in [5, 5.41) is 0. The SMILES string of the molecule is NCC1(NS(=O)(=O)CCC2CCC2)CCCC1. The molecule has 17 heavy (non-hydrogen) atoms. The minimum Gasteiger partial charge on any atom is -0.329 e. The lowest BCUT2D eigenvalue weighted by molar-refractivity contribution is 0.306. The van der Waals surface area contributed by atoms with E-state index in [4.69, 9.17) is 5.73 Å². The van der Waals surface area contributed by atoms with Gasteiger partial charge >= 0.3 is 0 Å². The molecule has 2 rings (SSSR count). The van der Waals surface area contributed by atoms with Crippen LogP contribution in [0.3, 0.4) is 0 Å². The second-order valence-corrected chi connectivity index (χ2v) is 7.54. The maximum absolute atomic E-state index is 12.0. The van der Waals surface area contributed by atoms with Crippen molar-refractivity contribution in [3.63, 3.8) is 0 Å². The van der Waals surface area contributed by atoms with Crippen LogP contribution >= 0.6 is 0 Å². The Kier molecular flexibility index (Phi) is 4.10. The van der Waals surface area contributed by atoms with Crippen LogP contribution in [0.4, 0.5) is 0 Å². The molecular weight excluding hydrogens is 236 g/mol. The summed E-state index contributed by atoms with van der Waals surface area (Å²) in [6, 6.07) is 0. The molecule has 0 bridgehead atoms. The van der Waals surface area contributed by atoms with Crippen molar-refractivity contribution >= 4 is 10.0 Å². The molecule has 2 saturated carbocycles. The zero-order valence-corrected chi connectivity index (χ0v) is 11.3. The van der Waals surface area contributed by atoms with Crippen LogP contribution in [0.15, 0.2) is 0 Å². The van der Waals surface area contributed by atoms with Gasteiger partial charge in [-0.25, -0.2) is 13.1 Å². The summed E-state index contributed by atoms with van der Waals surface area (Å²) in [5.74, 6) is 0.920. The van der Waals surface area contributed by atoms with E-state index in [1.807, 2.05) is 0 Å². The van der Waals surface area contributed by atoms with Crippen LogP contribution in [0.5, 0.6) is 0 Å². The van der Waals surface area contributed by atoms with Gasteiger partial charge in [0, 0.05) is 12.1 Å². The zero-order valence-electron chi connectivity index (χ0n) is 10.5. The second kappa shape index (κ2) is 5.24. The van der Waals surface area contributed by atoms with Crippen LogP contribution in [0.1, 0.15) is 51.4 Å². The van der Waals surface area contributed by atoms with Crippen molar-refractivity contribution in [2.24, 2.45) is 11.7 Å². The van der Waals surface area contributed by atoms with Gasteiger partial charge in [-0.1, -0.05) is 32.1 Å². The molecule has 0 atom stereocenters. The molecule has 2 aliphatic carbocycles. The Labute approximate surface area is 104 Å². The van der Waals surface area contributed by atoms with E-state index >= 15 is 0 Å². The lowest BCUT2D eigenvalue weighted by atomic mass is 9.84. The average Bonchev–Trinajstić information content (AvgIpc) is 2.63. The maximum Gasteiger partial charge on any atom is 0.212 e. The van der Waals surface area contributed by atoms with E-state index in [1.54, 1.807) is 0 Å². The summed E-state index contributed by atoms with van der Waals surface area (Å²) in [6.45, 7) is 0.426. The first-order chi connectivity index (χ1) is 8.05. The number of hydrogen-bond donors (Lipinski definition) is 2. The van der Waals surface area contributed by atoms with Crippen LogP contribution in [-0.2, 0) is 10.0 Å². The highest BCUT2D eigenvalue weighted by Crippen LogP contribution is 2.31. The van der Waals surface area contributed by atoms with E-state index in [-0.39, 0.29) is 11.3 Å². The van der Waals surface area contributed by atoms with Crippen LogP contribution < -0.4 is 10.5 Å². The lowest BCUT2D eigenvalue weighted by Gasteiger charge is -2.30. The molecule has 2 fully saturated rings. The van der Waals surface area contributed by atoms with Gasteiger partial charge in [0.25, 0.3) is 0 Å². The summed E-state index contributed by atoms with van der Waals surface area (Å²) < 4.78 is 26.9. The second-order valence-electron chi connectivity index (χ2n) is 5.70. The third kappa shape index (κ3) is 3.42. The van der Waals surface area contributed by atoms with Crippen molar-refractivity contribution in [1.82, 2.24) is 4.72 Å². The predicted molar refractivity (Wildman–Crippen MR) is 69.1 cm³/mol. The molecule has 5 heteroatoms. The number of nitrogens with one attached hydrogen (secondary N) is 1. The van der Waals surface area contributed by atoms with Crippen LogP contribution in [0, 0.1) is 5.92 Å². The number of nitrogens with two attached hydrogens (primary N) is 1. The smallest absolute Gasteiger partial charge is 0.212 e. The molecule has 4 nitrogen and oxygen atoms in total. The molecule has 0 radical (unpaired) electrons. The average molecular weight is 260 g/mol. The van der Waals surface area contributed by atoms with Crippen molar-refractivity contribution in [2.75, 3.05) is 12.3 Å². The van der Waals surface area contributed by atoms with Gasteiger partial charge < -0.3 is 5.73 Å². The molecule has 2 aliphatic rings. The van der Waals surface area contributed by atoms with Crippen molar-refractivity contribution in [3.8, 4) is 0 Å². The number of rotatable bonds is 6. The van der Waals surface area contributed by atoms with Crippen LogP contribution in [-0.4, -0.2) is 26.3 Å². The summed E-state index contributed by atoms with van der Waals surface area (Å²) in [5.41, 5.74) is 5.41. The van der Waals surface area contributed by atoms with E-state index in [1.165, 1.54) is 19.3 Å². The number of hydrogen-bond acceptors (Lipinski definition) is 3. The fourth-order valence-corrected chi connectivity index (χ4v) is 4.58. The fraction of sp³-hybridized carbons (Fsp3) is 1.00. The fourth-order valence-electron chi connectivity index (χ4n) is 2.88. The van der Waals surface area contributed by atoms with E-state index in [9.17, 15) is 8.42 Å². The van der Waals surface area contributed by atoms with Gasteiger partial charge in [-0.3, -0.25) is 0 Å². The van der Waals surface area contributed by atoms with Crippen LogP contribution in [0.2, 0.25) is 0 Å². The Bertz CT molecular complexity index is 344. The third-order valence-corrected chi connectivity index (χ3v) is 5.86. The molecule has 0 aromatic rings. The summed E-state index contributed by atoms with van der Waals surface area (Å²) in [6.07, 6.45) is 8.46. The highest BCUT2D eigenvalue weighted by molar-refractivity contribution is 7.89. The topological polar surface area (TPSA) is 72.2 Å². The maximum atomic E-state index is 12.0. The predicted octanol–water partition coefficient (Wildman–Crippen LogP) is 1.37. The molecular formula is C12H24N2O2S. The molecule has 0 aliphatic heterocycles. The van der Waals surface area contributed by atoms with Crippen molar-refractivity contribution in [1.29, 1.82) is 0 Å². The first kappa shape index (κ1) is 13.3. The minimum absolute atomic E-state index is 0.277. The highest BCUT2D eigenvalue weighted by Gasteiger charge is 2.36. The summed E-state index contributed by atoms with van der Waals surface area (Å²) in [4.78, 5) is 0. The van der Waals surface area contributed by atoms with Crippen molar-refractivity contribution in [3.05, 3.63) is 0 Å². The molecule has 0 aromatic carbocycles. The van der Waals surface area contributed by atoms with Gasteiger partial charge in [0.15, 0.2) is 0 Å². The van der Waals surface area contributed by atoms with Gasteiger partial charge in [-0.05, 0) is 25.2 Å². The Hall–Kier alpha value is -0.130. The number of sulfonamides is 1. The van der Waals surface area contributed by atoms with E-state index in [0.29, 0.717) is 12.5 Å². The summed E-state index contributed by atoms with van der Waals surface area (Å²) >= 11 is 0. The highest BCUT2D eigenvalue weighted by atomic mass is 32.2. The first-order valence-corrected chi connectivity index (χ1v) is 8.42. The lowest BCUT2D eigenvalue weighted by Crippen LogP contribution is -2.52. The van der Waals surface area contributed by atoms with Gasteiger partial charge in [-0.15, -0.1) is 0 Å². The first-order valence-electron chi connectivity index (χ1n) is 6.77. The molecule has 0 spiro atoms. The normalized spacial score (nSPS) is 24.8. The Morgan fingerprint density at radius 2 is 1.82 bits per heavy atom. The minimum atomic E-state index is -3.14. The van der Waals surface area contributed by atoms with Crippen molar-refractivity contribution in [2.45, 2.75) is 56.9 Å². The Balaban J connectivity index is 1.86. The molecule has 0 amide bonds. The van der Waals surface area contributed by atoms with Gasteiger partial charge in [0.05, 0.1) is 5.75 Å². The third-order valence-electron chi connectivity index (χ3n) is 4.34. The monoisotopic (exact) mass is 260 g/mol. The van der Waals surface area contributed by atoms with Crippen LogP contribution in [0.25, 0.3) is 0 Å². The van der Waals surface area contributed by atoms with E-state index in [2.05, 4.69) is 4.72 Å². The molecule has 0 heterocycles. The van der Waals surface area contributed by atoms with E-state index < -0.39 is 10.0 Å². The zero-order chi connectivity index (χ0) is 12.4. The standard InChI is InChI=1S/C12H24N2O2S/c13-10-12(7-1-2-8-12)14-17(15,16)9-6-11-4-3-5-11/h11,14H,1-10,13H2. The van der Waals surface area contributed by atoms with Gasteiger partial charge in [-0.2, -0.15) is 0 Å². The van der Waals surface area contributed by atoms with E-state index in [0.717, 1.165) is 32.1 Å². The molecule has 0 aromatic heterocycles. The quantitative estimate of drug-likeness (QED) is 0.757. The van der Waals surface area contributed by atoms with Crippen molar-refractivity contribution < 1.29 is 8.42 Å². The van der Waals surface area contributed by atoms with Gasteiger partial charge in [0.1, 0.15) is 0 Å². The Morgan fingerprint density at radius 3 is 2.29 bits per heavy atom. The Morgan fingerprint density at radius 1 is 1.18 bits per heavy atom. The van der Waals surface area contributed by atoms with Gasteiger partial charge in [0.2, 0.25) is 10.0 Å².